The Morgan fingerprint density at radius 2 is 1.81 bits per heavy atom. The fraction of sp³-hybridized carbons (Fsp3) is 0.292. The average molecular weight is 359 g/mol. The Balaban J connectivity index is 2.03. The maximum absolute atomic E-state index is 13.2. The molecule has 0 radical (unpaired) electrons. The first-order valence-corrected chi connectivity index (χ1v) is 9.44. The Kier molecular flexibility index (Phi) is 4.18. The Morgan fingerprint density at radius 3 is 2.56 bits per heavy atom. The molecule has 2 N–H and O–H groups in total. The summed E-state index contributed by atoms with van der Waals surface area (Å²) >= 11 is 0. The third kappa shape index (κ3) is 3.08. The maximum atomic E-state index is 13.2. The van der Waals surface area contributed by atoms with Crippen LogP contribution in [0.3, 0.4) is 0 Å². The molecule has 3 nitrogen and oxygen atoms in total. The lowest BCUT2D eigenvalue weighted by atomic mass is 9.68. The van der Waals surface area contributed by atoms with Gasteiger partial charge in [-0.05, 0) is 46.4 Å². The standard InChI is InChI=1S/C24H25NO2/c1-15(21-9-6-12-27-21)22-18(13-24(2,3)14-20(22)26)23-17-8-5-4-7-16(17)10-11-19(23)25/h4-12,15H,13-14,25H2,1-3H3. The number of fused-ring (bicyclic) bond motifs is 1. The lowest BCUT2D eigenvalue weighted by Gasteiger charge is -2.35. The summed E-state index contributed by atoms with van der Waals surface area (Å²) in [7, 11) is 0. The van der Waals surface area contributed by atoms with Crippen molar-refractivity contribution in [3.05, 3.63) is 71.7 Å². The van der Waals surface area contributed by atoms with Gasteiger partial charge >= 0.3 is 0 Å². The summed E-state index contributed by atoms with van der Waals surface area (Å²) < 4.78 is 5.63. The number of nitrogen functional groups attached to an aromatic ring is 1. The van der Waals surface area contributed by atoms with E-state index in [2.05, 4.69) is 26.0 Å². The van der Waals surface area contributed by atoms with Crippen LogP contribution in [-0.4, -0.2) is 5.78 Å². The van der Waals surface area contributed by atoms with E-state index in [1.807, 2.05) is 43.3 Å². The van der Waals surface area contributed by atoms with Crippen molar-refractivity contribution in [3.63, 3.8) is 0 Å². The topological polar surface area (TPSA) is 56.2 Å². The second-order valence-corrected chi connectivity index (χ2v) is 8.32. The number of hydrogen-bond acceptors (Lipinski definition) is 3. The predicted molar refractivity (Wildman–Crippen MR) is 110 cm³/mol. The number of benzene rings is 2. The maximum Gasteiger partial charge on any atom is 0.160 e. The molecule has 1 heterocycles. The van der Waals surface area contributed by atoms with Gasteiger partial charge in [0.1, 0.15) is 5.76 Å². The van der Waals surface area contributed by atoms with E-state index in [0.717, 1.165) is 45.4 Å². The molecule has 27 heavy (non-hydrogen) atoms. The van der Waals surface area contributed by atoms with Crippen molar-refractivity contribution in [1.29, 1.82) is 0 Å². The van der Waals surface area contributed by atoms with Gasteiger partial charge in [0.25, 0.3) is 0 Å². The van der Waals surface area contributed by atoms with Crippen LogP contribution in [0.25, 0.3) is 16.3 Å². The first kappa shape index (κ1) is 17.6. The monoisotopic (exact) mass is 359 g/mol. The van der Waals surface area contributed by atoms with Crippen molar-refractivity contribution in [3.8, 4) is 0 Å². The zero-order valence-electron chi connectivity index (χ0n) is 16.1. The molecule has 3 aromatic rings. The van der Waals surface area contributed by atoms with Gasteiger partial charge in [-0.3, -0.25) is 4.79 Å². The highest BCUT2D eigenvalue weighted by molar-refractivity contribution is 6.10. The summed E-state index contributed by atoms with van der Waals surface area (Å²) in [5.74, 6) is 0.906. The van der Waals surface area contributed by atoms with Crippen molar-refractivity contribution in [1.82, 2.24) is 0 Å². The Labute approximate surface area is 159 Å². The zero-order chi connectivity index (χ0) is 19.2. The fourth-order valence-corrected chi connectivity index (χ4v) is 4.37. The minimum absolute atomic E-state index is 0.0951. The van der Waals surface area contributed by atoms with E-state index < -0.39 is 0 Å². The number of hydrogen-bond donors (Lipinski definition) is 1. The molecule has 0 saturated carbocycles. The summed E-state index contributed by atoms with van der Waals surface area (Å²) in [5.41, 5.74) is 10.00. The van der Waals surface area contributed by atoms with E-state index >= 15 is 0 Å². The molecule has 0 amide bonds. The second kappa shape index (κ2) is 6.41. The van der Waals surface area contributed by atoms with Crippen molar-refractivity contribution < 1.29 is 9.21 Å². The molecule has 0 saturated heterocycles. The summed E-state index contributed by atoms with van der Waals surface area (Å²) in [6.45, 7) is 6.35. The molecule has 3 heteroatoms. The van der Waals surface area contributed by atoms with Crippen molar-refractivity contribution in [2.45, 2.75) is 39.5 Å². The molecular weight excluding hydrogens is 334 g/mol. The summed E-state index contributed by atoms with van der Waals surface area (Å²) in [4.78, 5) is 13.2. The third-order valence-electron chi connectivity index (χ3n) is 5.59. The second-order valence-electron chi connectivity index (χ2n) is 8.32. The van der Waals surface area contributed by atoms with Crippen LogP contribution < -0.4 is 5.73 Å². The first-order chi connectivity index (χ1) is 12.9. The smallest absolute Gasteiger partial charge is 0.160 e. The van der Waals surface area contributed by atoms with Gasteiger partial charge in [0, 0.05) is 29.2 Å². The zero-order valence-corrected chi connectivity index (χ0v) is 16.1. The van der Waals surface area contributed by atoms with E-state index in [1.165, 1.54) is 0 Å². The highest BCUT2D eigenvalue weighted by Gasteiger charge is 2.37. The van der Waals surface area contributed by atoms with Crippen LogP contribution in [0.5, 0.6) is 0 Å². The van der Waals surface area contributed by atoms with E-state index in [1.54, 1.807) is 6.26 Å². The molecule has 1 aliphatic rings. The molecule has 2 aromatic carbocycles. The summed E-state index contributed by atoms with van der Waals surface area (Å²) in [6.07, 6.45) is 3.02. The molecule has 1 atom stereocenters. The SMILES string of the molecule is CC(C1=C(c2c(N)ccc3ccccc23)CC(C)(C)CC1=O)c1ccco1. The van der Waals surface area contributed by atoms with Gasteiger partial charge in [0.15, 0.2) is 5.78 Å². The van der Waals surface area contributed by atoms with Crippen molar-refractivity contribution >= 4 is 27.8 Å². The van der Waals surface area contributed by atoms with Crippen LogP contribution in [0.1, 0.15) is 50.9 Å². The number of carbonyl (C=O) groups excluding carboxylic acids is 1. The Bertz CT molecular complexity index is 1040. The van der Waals surface area contributed by atoms with Gasteiger partial charge < -0.3 is 10.2 Å². The lowest BCUT2D eigenvalue weighted by molar-refractivity contribution is -0.118. The van der Waals surface area contributed by atoms with Crippen molar-refractivity contribution in [2.75, 3.05) is 5.73 Å². The number of anilines is 1. The van der Waals surface area contributed by atoms with Gasteiger partial charge in [-0.15, -0.1) is 0 Å². The molecule has 0 aliphatic heterocycles. The van der Waals surface area contributed by atoms with Gasteiger partial charge in [-0.2, -0.15) is 0 Å². The van der Waals surface area contributed by atoms with Gasteiger partial charge in [-0.25, -0.2) is 0 Å². The van der Waals surface area contributed by atoms with Crippen LogP contribution in [0, 0.1) is 5.41 Å². The molecule has 1 aromatic heterocycles. The van der Waals surface area contributed by atoms with Crippen LogP contribution in [0.4, 0.5) is 5.69 Å². The van der Waals surface area contributed by atoms with Gasteiger partial charge in [0.05, 0.1) is 6.26 Å². The average Bonchev–Trinajstić information content (AvgIpc) is 3.14. The number of allylic oxidation sites excluding steroid dienone is 2. The van der Waals surface area contributed by atoms with Crippen molar-refractivity contribution in [2.24, 2.45) is 5.41 Å². The number of ketones is 1. The predicted octanol–water partition coefficient (Wildman–Crippen LogP) is 5.96. The molecule has 1 unspecified atom stereocenters. The lowest BCUT2D eigenvalue weighted by Crippen LogP contribution is -2.27. The minimum Gasteiger partial charge on any atom is -0.469 e. The normalized spacial score (nSPS) is 18.1. The molecule has 4 rings (SSSR count). The number of carbonyl (C=O) groups is 1. The van der Waals surface area contributed by atoms with E-state index in [4.69, 9.17) is 10.2 Å². The highest BCUT2D eigenvalue weighted by Crippen LogP contribution is 2.48. The van der Waals surface area contributed by atoms with Crippen LogP contribution in [-0.2, 0) is 4.79 Å². The third-order valence-corrected chi connectivity index (χ3v) is 5.59. The van der Waals surface area contributed by atoms with E-state index in [-0.39, 0.29) is 17.1 Å². The number of furan rings is 1. The minimum atomic E-state index is -0.100. The summed E-state index contributed by atoms with van der Waals surface area (Å²) in [6, 6.07) is 16.0. The molecule has 0 fully saturated rings. The summed E-state index contributed by atoms with van der Waals surface area (Å²) in [5, 5.41) is 2.23. The molecular formula is C24H25NO2. The van der Waals surface area contributed by atoms with Gasteiger partial charge in [0.2, 0.25) is 0 Å². The van der Waals surface area contributed by atoms with Crippen LogP contribution in [0.15, 0.2) is 64.8 Å². The Hall–Kier alpha value is -2.81. The van der Waals surface area contributed by atoms with E-state index in [9.17, 15) is 4.79 Å². The largest absolute Gasteiger partial charge is 0.469 e. The first-order valence-electron chi connectivity index (χ1n) is 9.44. The number of nitrogens with two attached hydrogens (primary N) is 1. The number of rotatable bonds is 3. The molecule has 1 aliphatic carbocycles. The quantitative estimate of drug-likeness (QED) is 0.587. The Morgan fingerprint density at radius 1 is 1.04 bits per heavy atom. The molecule has 0 spiro atoms. The fourth-order valence-electron chi connectivity index (χ4n) is 4.37. The highest BCUT2D eigenvalue weighted by atomic mass is 16.3. The molecule has 138 valence electrons. The van der Waals surface area contributed by atoms with Crippen LogP contribution >= 0.6 is 0 Å². The van der Waals surface area contributed by atoms with Crippen LogP contribution in [0.2, 0.25) is 0 Å². The molecule has 0 bridgehead atoms. The van der Waals surface area contributed by atoms with Gasteiger partial charge in [-0.1, -0.05) is 51.1 Å². The van der Waals surface area contributed by atoms with E-state index in [0.29, 0.717) is 6.42 Å². The number of Topliss-reactive ketones (excluding diaryl/α,β-unsaturated/α-hetero) is 1.